The number of thioether (sulfide) groups is 1. The number of pyridine rings is 1. The molecular formula is C30H31NO5S. The van der Waals surface area contributed by atoms with Crippen LogP contribution in [-0.2, 0) is 22.6 Å². The van der Waals surface area contributed by atoms with Crippen molar-refractivity contribution in [2.75, 3.05) is 14.2 Å². The van der Waals surface area contributed by atoms with Crippen LogP contribution in [0.3, 0.4) is 0 Å². The number of methoxy groups -OCH3 is 2. The third-order valence-electron chi connectivity index (χ3n) is 5.68. The van der Waals surface area contributed by atoms with Crippen LogP contribution in [0, 0.1) is 0 Å². The van der Waals surface area contributed by atoms with Crippen molar-refractivity contribution in [3.63, 3.8) is 0 Å². The Balaban J connectivity index is 1.47. The van der Waals surface area contributed by atoms with E-state index in [9.17, 15) is 4.79 Å². The Morgan fingerprint density at radius 1 is 0.946 bits per heavy atom. The van der Waals surface area contributed by atoms with E-state index in [0.717, 1.165) is 44.2 Å². The molecule has 0 saturated heterocycles. The number of aromatic nitrogens is 1. The highest BCUT2D eigenvalue weighted by molar-refractivity contribution is 8.00. The molecule has 4 rings (SSSR count). The van der Waals surface area contributed by atoms with Gasteiger partial charge in [-0.3, -0.25) is 9.78 Å². The molecule has 6 nitrogen and oxygen atoms in total. The molecule has 37 heavy (non-hydrogen) atoms. The van der Waals surface area contributed by atoms with E-state index in [4.69, 9.17) is 18.9 Å². The first-order valence-corrected chi connectivity index (χ1v) is 13.0. The second-order valence-corrected chi connectivity index (χ2v) is 10.0. The first-order valence-electron chi connectivity index (χ1n) is 12.1. The molecule has 0 aliphatic heterocycles. The van der Waals surface area contributed by atoms with E-state index in [1.165, 1.54) is 18.9 Å². The van der Waals surface area contributed by atoms with E-state index >= 15 is 0 Å². The highest BCUT2D eigenvalue weighted by Crippen LogP contribution is 2.33. The number of carbonyl (C=O) groups excluding carboxylic acids is 1. The molecule has 0 fully saturated rings. The standard InChI is InChI=1S/C30H31NO5S/c1-20(2)36-29-22(18-31-27-15-14-24(33-3)17-26(27)29)19-35-23-12-10-21(11-13-23)16-28(30(32)34-4)37-25-8-6-5-7-9-25/h5-15,17-18,20,28H,16,19H2,1-4H3. The van der Waals surface area contributed by atoms with Gasteiger partial charge in [0.25, 0.3) is 0 Å². The van der Waals surface area contributed by atoms with Gasteiger partial charge in [-0.25, -0.2) is 0 Å². The lowest BCUT2D eigenvalue weighted by molar-refractivity contribution is -0.139. The zero-order valence-corrected chi connectivity index (χ0v) is 22.3. The molecule has 1 aromatic heterocycles. The quantitative estimate of drug-likeness (QED) is 0.166. The molecular weight excluding hydrogens is 486 g/mol. The fourth-order valence-corrected chi connectivity index (χ4v) is 4.97. The van der Waals surface area contributed by atoms with E-state index in [1.807, 2.05) is 86.6 Å². The number of esters is 1. The molecule has 0 N–H and O–H groups in total. The molecule has 192 valence electrons. The average molecular weight is 518 g/mol. The van der Waals surface area contributed by atoms with E-state index < -0.39 is 0 Å². The van der Waals surface area contributed by atoms with Gasteiger partial charge < -0.3 is 18.9 Å². The van der Waals surface area contributed by atoms with Crippen molar-refractivity contribution < 1.29 is 23.7 Å². The van der Waals surface area contributed by atoms with Gasteiger partial charge in [-0.05, 0) is 68.3 Å². The lowest BCUT2D eigenvalue weighted by atomic mass is 10.1. The van der Waals surface area contributed by atoms with Gasteiger partial charge in [-0.15, -0.1) is 11.8 Å². The molecule has 0 aliphatic carbocycles. The van der Waals surface area contributed by atoms with Crippen LogP contribution in [0.2, 0.25) is 0 Å². The third-order valence-corrected chi connectivity index (χ3v) is 6.87. The third kappa shape index (κ3) is 6.95. The number of hydrogen-bond donors (Lipinski definition) is 0. The number of hydrogen-bond acceptors (Lipinski definition) is 7. The maximum absolute atomic E-state index is 12.4. The largest absolute Gasteiger partial charge is 0.497 e. The first-order chi connectivity index (χ1) is 18.0. The Morgan fingerprint density at radius 3 is 2.35 bits per heavy atom. The van der Waals surface area contributed by atoms with Gasteiger partial charge in [-0.2, -0.15) is 0 Å². The highest BCUT2D eigenvalue weighted by Gasteiger charge is 2.21. The van der Waals surface area contributed by atoms with Gasteiger partial charge in [0, 0.05) is 16.5 Å². The first kappa shape index (κ1) is 26.4. The number of carbonyl (C=O) groups is 1. The summed E-state index contributed by atoms with van der Waals surface area (Å²) in [6.07, 6.45) is 2.34. The van der Waals surface area contributed by atoms with Crippen molar-refractivity contribution >= 4 is 28.6 Å². The van der Waals surface area contributed by atoms with Crippen molar-refractivity contribution in [1.29, 1.82) is 0 Å². The van der Waals surface area contributed by atoms with Gasteiger partial charge in [0.2, 0.25) is 0 Å². The van der Waals surface area contributed by atoms with Crippen molar-refractivity contribution in [1.82, 2.24) is 4.98 Å². The SMILES string of the molecule is COC(=O)C(Cc1ccc(OCc2cnc3ccc(OC)cc3c2OC(C)C)cc1)Sc1ccccc1. The Kier molecular flexibility index (Phi) is 8.90. The summed E-state index contributed by atoms with van der Waals surface area (Å²) in [6, 6.07) is 23.4. The summed E-state index contributed by atoms with van der Waals surface area (Å²) in [5.74, 6) is 1.96. The number of benzene rings is 3. The Morgan fingerprint density at radius 2 is 1.68 bits per heavy atom. The monoisotopic (exact) mass is 517 g/mol. The molecule has 7 heteroatoms. The predicted octanol–water partition coefficient (Wildman–Crippen LogP) is 6.49. The zero-order valence-electron chi connectivity index (χ0n) is 21.5. The highest BCUT2D eigenvalue weighted by atomic mass is 32.2. The van der Waals surface area contributed by atoms with Crippen LogP contribution in [0.1, 0.15) is 25.0 Å². The van der Waals surface area contributed by atoms with Crippen molar-refractivity contribution in [2.24, 2.45) is 0 Å². The second-order valence-electron chi connectivity index (χ2n) is 8.74. The molecule has 0 bridgehead atoms. The molecule has 1 unspecified atom stereocenters. The Labute approximate surface area is 221 Å². The molecule has 1 atom stereocenters. The summed E-state index contributed by atoms with van der Waals surface area (Å²) in [5, 5.41) is 0.546. The topological polar surface area (TPSA) is 66.9 Å². The van der Waals surface area contributed by atoms with Crippen LogP contribution in [-0.4, -0.2) is 36.5 Å². The second kappa shape index (κ2) is 12.5. The number of nitrogens with zero attached hydrogens (tertiary/aromatic N) is 1. The van der Waals surface area contributed by atoms with Crippen molar-refractivity contribution in [3.8, 4) is 17.2 Å². The van der Waals surface area contributed by atoms with Gasteiger partial charge in [-0.1, -0.05) is 30.3 Å². The molecule has 0 aliphatic rings. The van der Waals surface area contributed by atoms with Crippen LogP contribution in [0.15, 0.2) is 83.9 Å². The maximum Gasteiger partial charge on any atom is 0.319 e. The van der Waals surface area contributed by atoms with Crippen LogP contribution >= 0.6 is 11.8 Å². The van der Waals surface area contributed by atoms with Gasteiger partial charge in [0.15, 0.2) is 0 Å². The van der Waals surface area contributed by atoms with Crippen LogP contribution in [0.4, 0.5) is 0 Å². The lowest BCUT2D eigenvalue weighted by Crippen LogP contribution is -2.21. The maximum atomic E-state index is 12.4. The lowest BCUT2D eigenvalue weighted by Gasteiger charge is -2.17. The smallest absolute Gasteiger partial charge is 0.319 e. The normalized spacial score (nSPS) is 11.8. The molecule has 1 heterocycles. The van der Waals surface area contributed by atoms with Crippen LogP contribution in [0.25, 0.3) is 10.9 Å². The predicted molar refractivity (Wildman–Crippen MR) is 147 cm³/mol. The molecule has 3 aromatic carbocycles. The Hall–Kier alpha value is -3.71. The van der Waals surface area contributed by atoms with Gasteiger partial charge in [0.05, 0.1) is 31.4 Å². The number of rotatable bonds is 11. The van der Waals surface area contributed by atoms with E-state index in [-0.39, 0.29) is 17.3 Å². The minimum absolute atomic E-state index is 0.00801. The molecule has 0 amide bonds. The summed E-state index contributed by atoms with van der Waals surface area (Å²) in [6.45, 7) is 4.29. The fourth-order valence-electron chi connectivity index (χ4n) is 3.86. The minimum Gasteiger partial charge on any atom is -0.497 e. The van der Waals surface area contributed by atoms with Gasteiger partial charge in [0.1, 0.15) is 29.1 Å². The van der Waals surface area contributed by atoms with Crippen molar-refractivity contribution in [2.45, 2.75) is 43.1 Å². The summed E-state index contributed by atoms with van der Waals surface area (Å²) < 4.78 is 22.7. The van der Waals surface area contributed by atoms with E-state index in [1.54, 1.807) is 13.3 Å². The van der Waals surface area contributed by atoms with Crippen LogP contribution < -0.4 is 14.2 Å². The summed E-state index contributed by atoms with van der Waals surface area (Å²) in [7, 11) is 3.06. The van der Waals surface area contributed by atoms with E-state index in [0.29, 0.717) is 13.0 Å². The summed E-state index contributed by atoms with van der Waals surface area (Å²) in [4.78, 5) is 18.0. The molecule has 0 saturated carbocycles. The number of ether oxygens (including phenoxy) is 4. The molecule has 0 radical (unpaired) electrons. The Bertz CT molecular complexity index is 1330. The summed E-state index contributed by atoms with van der Waals surface area (Å²) in [5.41, 5.74) is 2.70. The van der Waals surface area contributed by atoms with Crippen molar-refractivity contribution in [3.05, 3.63) is 90.1 Å². The average Bonchev–Trinajstić information content (AvgIpc) is 2.92. The van der Waals surface area contributed by atoms with E-state index in [2.05, 4.69) is 4.98 Å². The molecule has 0 spiro atoms. The zero-order chi connectivity index (χ0) is 26.2. The summed E-state index contributed by atoms with van der Waals surface area (Å²) >= 11 is 1.50. The molecule has 4 aromatic rings. The number of fused-ring (bicyclic) bond motifs is 1. The minimum atomic E-state index is -0.337. The fraction of sp³-hybridized carbons (Fsp3) is 0.267. The van der Waals surface area contributed by atoms with Gasteiger partial charge >= 0.3 is 5.97 Å². The van der Waals surface area contributed by atoms with Crippen LogP contribution in [0.5, 0.6) is 17.2 Å².